The van der Waals surface area contributed by atoms with Crippen molar-refractivity contribution in [2.75, 3.05) is 0 Å². The minimum absolute atomic E-state index is 0.740. The molecule has 188 valence electrons. The molecular weight excluding hydrogens is 506 g/mol. The van der Waals surface area contributed by atoms with E-state index in [1.807, 2.05) is 12.1 Å². The molecule has 7 aromatic carbocycles. The summed E-state index contributed by atoms with van der Waals surface area (Å²) in [6, 6.07) is 52.3. The Hall–Kier alpha value is -4.85. The van der Waals surface area contributed by atoms with Gasteiger partial charge in [-0.15, -0.1) is 0 Å². The van der Waals surface area contributed by atoms with Gasteiger partial charge in [-0.05, 0) is 98.4 Å². The lowest BCUT2D eigenvalue weighted by atomic mass is 9.96. The van der Waals surface area contributed by atoms with Crippen LogP contribution in [0, 0.1) is 0 Å². The molecule has 0 N–H and O–H groups in total. The van der Waals surface area contributed by atoms with Crippen molar-refractivity contribution in [3.05, 3.63) is 151 Å². The maximum Gasteiger partial charge on any atom is 0.0547 e. The molecule has 40 heavy (non-hydrogen) atoms. The van der Waals surface area contributed by atoms with Gasteiger partial charge in [-0.25, -0.2) is 0 Å². The number of aromatic nitrogens is 1. The Bertz CT molecular complexity index is 2220. The van der Waals surface area contributed by atoms with E-state index in [2.05, 4.69) is 138 Å². The minimum Gasteiger partial charge on any atom is -0.309 e. The highest BCUT2D eigenvalue weighted by Gasteiger charge is 2.15. The van der Waals surface area contributed by atoms with E-state index in [4.69, 9.17) is 11.6 Å². The number of fused-ring (bicyclic) bond motifs is 5. The molecule has 1 nitrogen and oxygen atoms in total. The monoisotopic (exact) mass is 529 g/mol. The number of para-hydroxylation sites is 1. The Kier molecular flexibility index (Phi) is 5.26. The molecule has 8 aromatic rings. The highest BCUT2D eigenvalue weighted by atomic mass is 35.5. The molecule has 1 aromatic heterocycles. The average Bonchev–Trinajstić information content (AvgIpc) is 3.33. The summed E-state index contributed by atoms with van der Waals surface area (Å²) in [5.74, 6) is 0. The fraction of sp³-hybridized carbons (Fsp3) is 0. The molecule has 2 heteroatoms. The predicted octanol–water partition coefficient (Wildman–Crippen LogP) is 11.1. The van der Waals surface area contributed by atoms with Crippen molar-refractivity contribution >= 4 is 55.0 Å². The lowest BCUT2D eigenvalue weighted by Gasteiger charge is -2.15. The zero-order valence-corrected chi connectivity index (χ0v) is 22.4. The van der Waals surface area contributed by atoms with Crippen LogP contribution in [0.5, 0.6) is 0 Å². The summed E-state index contributed by atoms with van der Waals surface area (Å²) < 4.78 is 2.42. The Balaban J connectivity index is 1.45. The number of benzene rings is 7. The van der Waals surface area contributed by atoms with Crippen LogP contribution in [0.1, 0.15) is 0 Å². The molecule has 0 atom stereocenters. The van der Waals surface area contributed by atoms with Crippen molar-refractivity contribution in [3.8, 4) is 27.9 Å². The maximum atomic E-state index is 6.27. The maximum absolute atomic E-state index is 6.27. The second kappa shape index (κ2) is 9.12. The van der Waals surface area contributed by atoms with Gasteiger partial charge in [0.25, 0.3) is 0 Å². The molecule has 0 aliphatic rings. The molecule has 0 fully saturated rings. The van der Waals surface area contributed by atoms with Crippen LogP contribution in [0.25, 0.3) is 71.3 Å². The number of nitrogens with zero attached hydrogens (tertiary/aromatic N) is 1. The molecule has 8 rings (SSSR count). The summed E-state index contributed by atoms with van der Waals surface area (Å²) in [4.78, 5) is 0. The van der Waals surface area contributed by atoms with Crippen LogP contribution < -0.4 is 0 Å². The fourth-order valence-corrected chi connectivity index (χ4v) is 6.14. The van der Waals surface area contributed by atoms with Gasteiger partial charge < -0.3 is 4.57 Å². The van der Waals surface area contributed by atoms with Gasteiger partial charge in [0.15, 0.2) is 0 Å². The smallest absolute Gasteiger partial charge is 0.0547 e. The fourth-order valence-electron chi connectivity index (χ4n) is 6.02. The second-order valence-corrected chi connectivity index (χ2v) is 10.8. The largest absolute Gasteiger partial charge is 0.309 e. The molecule has 0 spiro atoms. The molecule has 0 bridgehead atoms. The van der Waals surface area contributed by atoms with Gasteiger partial charge in [0, 0.05) is 21.5 Å². The van der Waals surface area contributed by atoms with E-state index in [9.17, 15) is 0 Å². The van der Waals surface area contributed by atoms with Gasteiger partial charge in [-0.1, -0.05) is 103 Å². The van der Waals surface area contributed by atoms with Gasteiger partial charge in [-0.2, -0.15) is 0 Å². The van der Waals surface area contributed by atoms with Crippen LogP contribution in [0.2, 0.25) is 5.02 Å². The van der Waals surface area contributed by atoms with E-state index in [0.29, 0.717) is 0 Å². The number of hydrogen-bond donors (Lipinski definition) is 0. The zero-order valence-electron chi connectivity index (χ0n) is 21.7. The van der Waals surface area contributed by atoms with E-state index in [1.54, 1.807) is 0 Å². The topological polar surface area (TPSA) is 4.93 Å². The lowest BCUT2D eigenvalue weighted by Crippen LogP contribution is -1.96. The summed E-state index contributed by atoms with van der Waals surface area (Å²) in [7, 11) is 0. The number of hydrogen-bond acceptors (Lipinski definition) is 0. The third-order valence-corrected chi connectivity index (χ3v) is 8.23. The third kappa shape index (κ3) is 3.78. The summed E-state index contributed by atoms with van der Waals surface area (Å²) >= 11 is 6.27. The molecule has 0 unspecified atom stereocenters. The molecule has 0 aliphatic carbocycles. The normalized spacial score (nSPS) is 11.6. The van der Waals surface area contributed by atoms with Gasteiger partial charge in [-0.3, -0.25) is 0 Å². The standard InChI is InChI=1S/C38H24ClN/c39-33-17-15-26(16-18-33)31-20-32(30-14-13-25-7-1-2-8-27(25)19-30)22-34(21-31)40-37-12-6-5-11-35(37)36-23-28-9-3-4-10-29(28)24-38(36)40/h1-24H. The van der Waals surface area contributed by atoms with E-state index >= 15 is 0 Å². The SMILES string of the molecule is Clc1ccc(-c2cc(-c3ccc4ccccc4c3)cc(-n3c4ccccc4c4cc5ccccc5cc43)c2)cc1. The first-order chi connectivity index (χ1) is 19.7. The predicted molar refractivity (Wildman–Crippen MR) is 172 cm³/mol. The minimum atomic E-state index is 0.740. The van der Waals surface area contributed by atoms with Crippen LogP contribution in [0.4, 0.5) is 0 Å². The van der Waals surface area contributed by atoms with Crippen molar-refractivity contribution < 1.29 is 0 Å². The van der Waals surface area contributed by atoms with Crippen molar-refractivity contribution in [2.45, 2.75) is 0 Å². The molecular formula is C38H24ClN. The highest BCUT2D eigenvalue weighted by molar-refractivity contribution is 6.30. The van der Waals surface area contributed by atoms with Crippen LogP contribution >= 0.6 is 11.6 Å². The Morgan fingerprint density at radius 2 is 0.975 bits per heavy atom. The van der Waals surface area contributed by atoms with E-state index in [-0.39, 0.29) is 0 Å². The molecule has 0 radical (unpaired) electrons. The van der Waals surface area contributed by atoms with E-state index in [0.717, 1.165) is 21.8 Å². The first-order valence-corrected chi connectivity index (χ1v) is 13.9. The van der Waals surface area contributed by atoms with Crippen molar-refractivity contribution in [3.63, 3.8) is 0 Å². The van der Waals surface area contributed by atoms with E-state index in [1.165, 1.54) is 54.5 Å². The number of rotatable bonds is 3. The first-order valence-electron chi connectivity index (χ1n) is 13.5. The van der Waals surface area contributed by atoms with Gasteiger partial charge in [0.05, 0.1) is 11.0 Å². The molecule has 0 amide bonds. The molecule has 0 saturated heterocycles. The Morgan fingerprint density at radius 1 is 0.375 bits per heavy atom. The van der Waals surface area contributed by atoms with Crippen LogP contribution in [-0.2, 0) is 0 Å². The highest BCUT2D eigenvalue weighted by Crippen LogP contribution is 2.38. The number of halogens is 1. The third-order valence-electron chi connectivity index (χ3n) is 7.98. The molecule has 0 saturated carbocycles. The molecule has 0 aliphatic heterocycles. The zero-order chi connectivity index (χ0) is 26.6. The van der Waals surface area contributed by atoms with Crippen LogP contribution in [0.15, 0.2) is 146 Å². The summed E-state index contributed by atoms with van der Waals surface area (Å²) in [5.41, 5.74) is 8.21. The average molecular weight is 530 g/mol. The van der Waals surface area contributed by atoms with Gasteiger partial charge in [0.1, 0.15) is 0 Å². The van der Waals surface area contributed by atoms with Crippen molar-refractivity contribution in [1.29, 1.82) is 0 Å². The summed E-state index contributed by atoms with van der Waals surface area (Å²) in [5, 5.41) is 8.23. The van der Waals surface area contributed by atoms with Gasteiger partial charge in [0.2, 0.25) is 0 Å². The molecule has 1 heterocycles. The summed E-state index contributed by atoms with van der Waals surface area (Å²) in [6.07, 6.45) is 0. The van der Waals surface area contributed by atoms with Gasteiger partial charge >= 0.3 is 0 Å². The van der Waals surface area contributed by atoms with Crippen molar-refractivity contribution in [2.24, 2.45) is 0 Å². The van der Waals surface area contributed by atoms with E-state index < -0.39 is 0 Å². The van der Waals surface area contributed by atoms with Crippen LogP contribution in [0.3, 0.4) is 0 Å². The summed E-state index contributed by atoms with van der Waals surface area (Å²) in [6.45, 7) is 0. The Labute approximate surface area is 237 Å². The Morgan fingerprint density at radius 3 is 1.75 bits per heavy atom. The quantitative estimate of drug-likeness (QED) is 0.214. The second-order valence-electron chi connectivity index (χ2n) is 10.4. The first kappa shape index (κ1) is 23.1. The lowest BCUT2D eigenvalue weighted by molar-refractivity contribution is 1.18. The van der Waals surface area contributed by atoms with Crippen molar-refractivity contribution in [1.82, 2.24) is 4.57 Å². The van der Waals surface area contributed by atoms with Crippen LogP contribution in [-0.4, -0.2) is 4.57 Å².